The Bertz CT molecular complexity index is 709. The van der Waals surface area contributed by atoms with E-state index in [1.807, 2.05) is 32.6 Å². The average molecular weight is 417 g/mol. The number of halogens is 1. The lowest BCUT2D eigenvalue weighted by Crippen LogP contribution is -2.56. The van der Waals surface area contributed by atoms with E-state index in [1.54, 1.807) is 11.0 Å². The number of rotatable bonds is 1. The number of carbonyl (C=O) groups is 2. The van der Waals surface area contributed by atoms with Gasteiger partial charge in [-0.15, -0.1) is 0 Å². The minimum Gasteiger partial charge on any atom is -0.444 e. The van der Waals surface area contributed by atoms with Crippen LogP contribution in [0.4, 0.5) is 9.18 Å². The standard InChI is InChI=1S/C19H25FN2O3.2H2S/c1-12-11-13(20)5-6-14(12)17-15-7-8-16(23)21(15)9-10-22(17)18(24)25-19(2,3)4;;/h5-6,11,15,17H,7-10H2,1-4H3;2*1H2/t15-,17-;;/m0../s1. The molecule has 0 saturated carbocycles. The number of amides is 2. The Balaban J connectivity index is 0.00000182. The topological polar surface area (TPSA) is 49.9 Å². The molecular weight excluding hydrogens is 387 g/mol. The second-order valence-corrected chi connectivity index (χ2v) is 7.81. The Kier molecular flexibility index (Phi) is 7.64. The van der Waals surface area contributed by atoms with Gasteiger partial charge in [0, 0.05) is 19.5 Å². The molecule has 2 saturated heterocycles. The largest absolute Gasteiger partial charge is 0.444 e. The molecule has 2 aliphatic rings. The molecule has 152 valence electrons. The van der Waals surface area contributed by atoms with Crippen LogP contribution < -0.4 is 0 Å². The number of fused-ring (bicyclic) bond motifs is 1. The maximum atomic E-state index is 13.6. The molecule has 0 spiro atoms. The van der Waals surface area contributed by atoms with Gasteiger partial charge in [0.05, 0.1) is 12.1 Å². The Hall–Kier alpha value is -1.41. The summed E-state index contributed by atoms with van der Waals surface area (Å²) in [7, 11) is 0. The molecule has 0 aliphatic carbocycles. The van der Waals surface area contributed by atoms with Gasteiger partial charge < -0.3 is 9.64 Å². The molecule has 8 heteroatoms. The van der Waals surface area contributed by atoms with Crippen LogP contribution in [-0.4, -0.2) is 46.5 Å². The molecule has 5 nitrogen and oxygen atoms in total. The van der Waals surface area contributed by atoms with Crippen LogP contribution in [0.25, 0.3) is 0 Å². The third-order valence-corrected chi connectivity index (χ3v) is 4.84. The lowest BCUT2D eigenvalue weighted by atomic mass is 9.91. The Morgan fingerprint density at radius 1 is 1.22 bits per heavy atom. The molecule has 1 aromatic rings. The third kappa shape index (κ3) is 4.90. The number of nitrogens with zero attached hydrogens (tertiary/aromatic N) is 2. The van der Waals surface area contributed by atoms with Crippen molar-refractivity contribution in [3.63, 3.8) is 0 Å². The van der Waals surface area contributed by atoms with Crippen molar-refractivity contribution < 1.29 is 18.7 Å². The monoisotopic (exact) mass is 416 g/mol. The summed E-state index contributed by atoms with van der Waals surface area (Å²) in [6.45, 7) is 8.26. The molecule has 2 amide bonds. The van der Waals surface area contributed by atoms with Gasteiger partial charge in [-0.25, -0.2) is 9.18 Å². The molecule has 2 atom stereocenters. The fraction of sp³-hybridized carbons (Fsp3) is 0.579. The van der Waals surface area contributed by atoms with Crippen LogP contribution in [0.1, 0.15) is 50.8 Å². The van der Waals surface area contributed by atoms with Gasteiger partial charge in [0.15, 0.2) is 0 Å². The Morgan fingerprint density at radius 2 is 1.89 bits per heavy atom. The van der Waals surface area contributed by atoms with Gasteiger partial charge in [0.25, 0.3) is 0 Å². The zero-order valence-electron chi connectivity index (χ0n) is 16.2. The first-order chi connectivity index (χ1) is 11.7. The second-order valence-electron chi connectivity index (χ2n) is 7.81. The molecular formula is C19H29FN2O3S2. The SMILES string of the molecule is Cc1cc(F)ccc1[C@H]1[C@@H]2CCC(=O)N2CCN1C(=O)OC(C)(C)C.S.S. The van der Waals surface area contributed by atoms with Crippen molar-refractivity contribution >= 4 is 39.0 Å². The van der Waals surface area contributed by atoms with Crippen LogP contribution in [0.15, 0.2) is 18.2 Å². The van der Waals surface area contributed by atoms with E-state index >= 15 is 0 Å². The van der Waals surface area contributed by atoms with Gasteiger partial charge in [-0.05, 0) is 57.4 Å². The number of ether oxygens (including phenoxy) is 1. The van der Waals surface area contributed by atoms with Gasteiger partial charge >= 0.3 is 6.09 Å². The first kappa shape index (κ1) is 23.6. The summed E-state index contributed by atoms with van der Waals surface area (Å²) in [6, 6.07) is 4.21. The third-order valence-electron chi connectivity index (χ3n) is 4.84. The molecule has 0 unspecified atom stereocenters. The number of hydrogen-bond donors (Lipinski definition) is 0. The first-order valence-corrected chi connectivity index (χ1v) is 8.72. The Morgan fingerprint density at radius 3 is 2.48 bits per heavy atom. The van der Waals surface area contributed by atoms with Gasteiger partial charge in [0.1, 0.15) is 11.4 Å². The van der Waals surface area contributed by atoms with Crippen molar-refractivity contribution in [3.05, 3.63) is 35.1 Å². The summed E-state index contributed by atoms with van der Waals surface area (Å²) in [5.41, 5.74) is 1.05. The molecule has 0 radical (unpaired) electrons. The van der Waals surface area contributed by atoms with E-state index in [2.05, 4.69) is 0 Å². The fourth-order valence-corrected chi connectivity index (χ4v) is 3.81. The van der Waals surface area contributed by atoms with Crippen molar-refractivity contribution in [2.75, 3.05) is 13.1 Å². The van der Waals surface area contributed by atoms with Gasteiger partial charge in [-0.1, -0.05) is 6.07 Å². The van der Waals surface area contributed by atoms with Crippen LogP contribution in [0, 0.1) is 12.7 Å². The lowest BCUT2D eigenvalue weighted by Gasteiger charge is -2.45. The van der Waals surface area contributed by atoms with E-state index in [0.29, 0.717) is 25.9 Å². The highest BCUT2D eigenvalue weighted by atomic mass is 32.1. The number of benzene rings is 1. The van der Waals surface area contributed by atoms with E-state index in [1.165, 1.54) is 12.1 Å². The van der Waals surface area contributed by atoms with Gasteiger partial charge in [-0.3, -0.25) is 9.69 Å². The van der Waals surface area contributed by atoms with E-state index in [9.17, 15) is 14.0 Å². The van der Waals surface area contributed by atoms with Crippen molar-refractivity contribution in [3.8, 4) is 0 Å². The van der Waals surface area contributed by atoms with Gasteiger partial charge in [-0.2, -0.15) is 27.0 Å². The van der Waals surface area contributed by atoms with Crippen molar-refractivity contribution in [1.29, 1.82) is 0 Å². The quantitative estimate of drug-likeness (QED) is 0.702. The van der Waals surface area contributed by atoms with E-state index < -0.39 is 5.60 Å². The summed E-state index contributed by atoms with van der Waals surface area (Å²) in [6.07, 6.45) is 0.795. The molecule has 0 N–H and O–H groups in total. The minimum atomic E-state index is -0.595. The molecule has 3 rings (SSSR count). The number of aryl methyl sites for hydroxylation is 1. The second kappa shape index (κ2) is 8.73. The summed E-state index contributed by atoms with van der Waals surface area (Å²) in [5.74, 6) is -0.182. The molecule has 0 bridgehead atoms. The fourth-order valence-electron chi connectivity index (χ4n) is 3.81. The average Bonchev–Trinajstić information content (AvgIpc) is 2.87. The van der Waals surface area contributed by atoms with E-state index in [4.69, 9.17) is 4.74 Å². The molecule has 27 heavy (non-hydrogen) atoms. The Labute approximate surface area is 174 Å². The lowest BCUT2D eigenvalue weighted by molar-refractivity contribution is -0.132. The highest BCUT2D eigenvalue weighted by Crippen LogP contribution is 2.39. The molecule has 2 heterocycles. The minimum absolute atomic E-state index is 0. The van der Waals surface area contributed by atoms with Crippen molar-refractivity contribution in [1.82, 2.24) is 9.80 Å². The first-order valence-electron chi connectivity index (χ1n) is 8.72. The molecule has 0 aromatic heterocycles. The van der Waals surface area contributed by atoms with E-state index in [-0.39, 0.29) is 56.9 Å². The predicted octanol–water partition coefficient (Wildman–Crippen LogP) is 3.64. The molecule has 2 aliphatic heterocycles. The summed E-state index contributed by atoms with van der Waals surface area (Å²) < 4.78 is 19.1. The molecule has 2 fully saturated rings. The maximum absolute atomic E-state index is 13.6. The van der Waals surface area contributed by atoms with Crippen LogP contribution in [0.2, 0.25) is 0 Å². The normalized spacial score (nSPS) is 21.9. The van der Waals surface area contributed by atoms with Crippen LogP contribution in [0.5, 0.6) is 0 Å². The van der Waals surface area contributed by atoms with Gasteiger partial charge in [0.2, 0.25) is 5.91 Å². The van der Waals surface area contributed by atoms with Crippen LogP contribution in [0.3, 0.4) is 0 Å². The number of piperazine rings is 1. The highest BCUT2D eigenvalue weighted by Gasteiger charge is 2.46. The van der Waals surface area contributed by atoms with Crippen molar-refractivity contribution in [2.24, 2.45) is 0 Å². The smallest absolute Gasteiger partial charge is 0.410 e. The van der Waals surface area contributed by atoms with E-state index in [0.717, 1.165) is 11.1 Å². The zero-order chi connectivity index (χ0) is 18.4. The number of carbonyl (C=O) groups excluding carboxylic acids is 2. The van der Waals surface area contributed by atoms with Crippen LogP contribution >= 0.6 is 27.0 Å². The number of hydrogen-bond acceptors (Lipinski definition) is 3. The molecule has 1 aromatic carbocycles. The summed E-state index contributed by atoms with van der Waals surface area (Å²) in [4.78, 5) is 28.5. The predicted molar refractivity (Wildman–Crippen MR) is 112 cm³/mol. The summed E-state index contributed by atoms with van der Waals surface area (Å²) in [5, 5.41) is 0. The van der Waals surface area contributed by atoms with Crippen molar-refractivity contribution in [2.45, 2.75) is 58.2 Å². The van der Waals surface area contributed by atoms with Crippen LogP contribution in [-0.2, 0) is 9.53 Å². The zero-order valence-corrected chi connectivity index (χ0v) is 18.2. The highest BCUT2D eigenvalue weighted by molar-refractivity contribution is 7.59. The summed E-state index contributed by atoms with van der Waals surface area (Å²) >= 11 is 0. The maximum Gasteiger partial charge on any atom is 0.410 e.